The van der Waals surface area contributed by atoms with E-state index in [1.54, 1.807) is 20.0 Å². The number of carbonyl (C=O) groups excluding carboxylic acids is 1. The first kappa shape index (κ1) is 13.8. The number of benzene rings is 1. The molecular weight excluding hydrogens is 252 g/mol. The number of carbonyl (C=O) groups is 1. The van der Waals surface area contributed by atoms with Crippen LogP contribution >= 0.6 is 0 Å². The summed E-state index contributed by atoms with van der Waals surface area (Å²) in [7, 11) is 0. The number of aryl methyl sites for hydroxylation is 1. The van der Waals surface area contributed by atoms with Crippen molar-refractivity contribution in [3.05, 3.63) is 59.2 Å². The molecule has 0 saturated heterocycles. The van der Waals surface area contributed by atoms with Crippen LogP contribution in [0.25, 0.3) is 0 Å². The van der Waals surface area contributed by atoms with Crippen molar-refractivity contribution in [1.29, 1.82) is 0 Å². The summed E-state index contributed by atoms with van der Waals surface area (Å²) in [6.07, 6.45) is 1.55. The average Bonchev–Trinajstić information content (AvgIpc) is 2.47. The van der Waals surface area contributed by atoms with Gasteiger partial charge in [0.15, 0.2) is 5.69 Å². The molecule has 1 aromatic heterocycles. The molecule has 0 radical (unpaired) electrons. The summed E-state index contributed by atoms with van der Waals surface area (Å²) in [5, 5.41) is 0. The van der Waals surface area contributed by atoms with E-state index in [9.17, 15) is 4.79 Å². The van der Waals surface area contributed by atoms with Gasteiger partial charge in [0, 0.05) is 11.8 Å². The Kier molecular flexibility index (Phi) is 4.46. The van der Waals surface area contributed by atoms with Crippen LogP contribution in [-0.4, -0.2) is 22.5 Å². The topological polar surface area (TPSA) is 52.1 Å². The molecule has 0 aliphatic carbocycles. The second-order valence-corrected chi connectivity index (χ2v) is 4.02. The molecule has 4 nitrogen and oxygen atoms in total. The Hall–Kier alpha value is -2.67. The van der Waals surface area contributed by atoms with E-state index in [2.05, 4.69) is 21.8 Å². The van der Waals surface area contributed by atoms with E-state index < -0.39 is 5.97 Å². The molecular formula is C16H14N2O2. The molecule has 0 aliphatic heterocycles. The minimum Gasteiger partial charge on any atom is -0.461 e. The Balaban J connectivity index is 2.37. The first-order chi connectivity index (χ1) is 9.70. The largest absolute Gasteiger partial charge is 0.461 e. The second-order valence-electron chi connectivity index (χ2n) is 4.02. The van der Waals surface area contributed by atoms with E-state index in [1.807, 2.05) is 30.3 Å². The minimum absolute atomic E-state index is 0.211. The first-order valence-corrected chi connectivity index (χ1v) is 6.28. The maximum atomic E-state index is 11.8. The Morgan fingerprint density at radius 3 is 2.70 bits per heavy atom. The number of hydrogen-bond donors (Lipinski definition) is 0. The molecule has 0 fully saturated rings. The number of hydrogen-bond acceptors (Lipinski definition) is 4. The smallest absolute Gasteiger partial charge is 0.358 e. The van der Waals surface area contributed by atoms with Crippen LogP contribution in [0.15, 0.2) is 36.5 Å². The minimum atomic E-state index is -0.477. The third kappa shape index (κ3) is 3.42. The summed E-state index contributed by atoms with van der Waals surface area (Å²) in [5.74, 6) is 5.94. The molecule has 0 unspecified atom stereocenters. The average molecular weight is 266 g/mol. The summed E-state index contributed by atoms with van der Waals surface area (Å²) < 4.78 is 4.98. The monoisotopic (exact) mass is 266 g/mol. The van der Waals surface area contributed by atoms with Gasteiger partial charge in [-0.25, -0.2) is 14.8 Å². The van der Waals surface area contributed by atoms with Crippen molar-refractivity contribution < 1.29 is 9.53 Å². The number of rotatable bonds is 2. The molecule has 2 aromatic rings. The van der Waals surface area contributed by atoms with Gasteiger partial charge in [-0.2, -0.15) is 0 Å². The van der Waals surface area contributed by atoms with Crippen molar-refractivity contribution in [1.82, 2.24) is 9.97 Å². The molecule has 0 spiro atoms. The molecule has 100 valence electrons. The van der Waals surface area contributed by atoms with Crippen molar-refractivity contribution in [2.45, 2.75) is 13.8 Å². The maximum absolute atomic E-state index is 11.8. The molecule has 0 saturated carbocycles. The molecule has 0 amide bonds. The van der Waals surface area contributed by atoms with Gasteiger partial charge in [-0.05, 0) is 26.0 Å². The van der Waals surface area contributed by atoms with Crippen molar-refractivity contribution in [3.8, 4) is 11.8 Å². The van der Waals surface area contributed by atoms with E-state index in [0.717, 1.165) is 5.56 Å². The highest BCUT2D eigenvalue weighted by atomic mass is 16.5. The fourth-order valence-corrected chi connectivity index (χ4v) is 1.58. The fraction of sp³-hybridized carbons (Fsp3) is 0.188. The summed E-state index contributed by atoms with van der Waals surface area (Å²) in [5.41, 5.74) is 1.54. The first-order valence-electron chi connectivity index (χ1n) is 6.28. The lowest BCUT2D eigenvalue weighted by Crippen LogP contribution is -2.11. The summed E-state index contributed by atoms with van der Waals surface area (Å²) in [6.45, 7) is 3.77. The van der Waals surface area contributed by atoms with E-state index in [0.29, 0.717) is 18.0 Å². The Morgan fingerprint density at radius 1 is 1.25 bits per heavy atom. The normalized spacial score (nSPS) is 9.50. The summed E-state index contributed by atoms with van der Waals surface area (Å²) in [6, 6.07) is 9.52. The van der Waals surface area contributed by atoms with Crippen LogP contribution in [0.1, 0.15) is 34.4 Å². The lowest BCUT2D eigenvalue weighted by Gasteiger charge is -2.03. The van der Waals surface area contributed by atoms with Crippen LogP contribution in [0, 0.1) is 18.8 Å². The van der Waals surface area contributed by atoms with Gasteiger partial charge in [0.2, 0.25) is 0 Å². The summed E-state index contributed by atoms with van der Waals surface area (Å²) >= 11 is 0. The predicted octanol–water partition coefficient (Wildman–Crippen LogP) is 2.36. The van der Waals surface area contributed by atoms with Crippen LogP contribution in [-0.2, 0) is 4.74 Å². The Morgan fingerprint density at radius 2 is 2.00 bits per heavy atom. The van der Waals surface area contributed by atoms with Gasteiger partial charge in [0.1, 0.15) is 5.82 Å². The molecule has 0 atom stereocenters. The van der Waals surface area contributed by atoms with Crippen LogP contribution < -0.4 is 0 Å². The SMILES string of the molecule is CCOC(=O)c1nc(C)ncc1C#Cc1ccccc1. The van der Waals surface area contributed by atoms with Gasteiger partial charge in [-0.1, -0.05) is 30.0 Å². The highest BCUT2D eigenvalue weighted by molar-refractivity contribution is 5.90. The van der Waals surface area contributed by atoms with Gasteiger partial charge in [0.05, 0.1) is 12.2 Å². The van der Waals surface area contributed by atoms with Crippen molar-refractivity contribution >= 4 is 5.97 Å². The second kappa shape index (κ2) is 6.48. The standard InChI is InChI=1S/C16H14N2O2/c1-3-20-16(19)15-14(11-17-12(2)18-15)10-9-13-7-5-4-6-8-13/h4-8,11H,3H2,1-2H3. The zero-order valence-electron chi connectivity index (χ0n) is 11.4. The Labute approximate surface area is 117 Å². The van der Waals surface area contributed by atoms with Gasteiger partial charge < -0.3 is 4.74 Å². The van der Waals surface area contributed by atoms with Gasteiger partial charge in [-0.15, -0.1) is 0 Å². The van der Waals surface area contributed by atoms with E-state index in [-0.39, 0.29) is 5.69 Å². The molecule has 20 heavy (non-hydrogen) atoms. The van der Waals surface area contributed by atoms with Crippen LogP contribution in [0.5, 0.6) is 0 Å². The summed E-state index contributed by atoms with van der Waals surface area (Å²) in [4.78, 5) is 20.0. The highest BCUT2D eigenvalue weighted by Crippen LogP contribution is 2.07. The lowest BCUT2D eigenvalue weighted by molar-refractivity contribution is 0.0518. The van der Waals surface area contributed by atoms with Crippen molar-refractivity contribution in [3.63, 3.8) is 0 Å². The third-order valence-electron chi connectivity index (χ3n) is 2.49. The molecule has 0 N–H and O–H groups in total. The molecule has 1 heterocycles. The van der Waals surface area contributed by atoms with Crippen LogP contribution in [0.4, 0.5) is 0 Å². The molecule has 4 heteroatoms. The quantitative estimate of drug-likeness (QED) is 0.618. The zero-order valence-corrected chi connectivity index (χ0v) is 11.4. The number of nitrogens with zero attached hydrogens (tertiary/aromatic N) is 2. The van der Waals surface area contributed by atoms with Crippen molar-refractivity contribution in [2.24, 2.45) is 0 Å². The molecule has 0 aliphatic rings. The third-order valence-corrected chi connectivity index (χ3v) is 2.49. The highest BCUT2D eigenvalue weighted by Gasteiger charge is 2.14. The van der Waals surface area contributed by atoms with Crippen molar-refractivity contribution in [2.75, 3.05) is 6.61 Å². The number of esters is 1. The molecule has 0 bridgehead atoms. The lowest BCUT2D eigenvalue weighted by atomic mass is 10.2. The maximum Gasteiger partial charge on any atom is 0.358 e. The van der Waals surface area contributed by atoms with E-state index >= 15 is 0 Å². The zero-order chi connectivity index (χ0) is 14.4. The fourth-order valence-electron chi connectivity index (χ4n) is 1.58. The van der Waals surface area contributed by atoms with Crippen LogP contribution in [0.3, 0.4) is 0 Å². The molecule has 1 aromatic carbocycles. The van der Waals surface area contributed by atoms with E-state index in [4.69, 9.17) is 4.74 Å². The van der Waals surface area contributed by atoms with Gasteiger partial charge in [-0.3, -0.25) is 0 Å². The number of aromatic nitrogens is 2. The van der Waals surface area contributed by atoms with Gasteiger partial charge in [0.25, 0.3) is 0 Å². The van der Waals surface area contributed by atoms with Gasteiger partial charge >= 0.3 is 5.97 Å². The molecule has 2 rings (SSSR count). The Bertz CT molecular complexity index is 670. The predicted molar refractivity (Wildman–Crippen MR) is 75.1 cm³/mol. The van der Waals surface area contributed by atoms with E-state index in [1.165, 1.54) is 0 Å². The van der Waals surface area contributed by atoms with Crippen LogP contribution in [0.2, 0.25) is 0 Å². The number of ether oxygens (including phenoxy) is 1.